The second kappa shape index (κ2) is 5.78. The van der Waals surface area contributed by atoms with Crippen LogP contribution in [0.4, 0.5) is 5.69 Å². The van der Waals surface area contributed by atoms with Crippen LogP contribution in [0.15, 0.2) is 30.5 Å². The van der Waals surface area contributed by atoms with Crippen molar-refractivity contribution < 1.29 is 4.74 Å². The van der Waals surface area contributed by atoms with Gasteiger partial charge in [-0.3, -0.25) is 4.68 Å². The van der Waals surface area contributed by atoms with E-state index in [1.165, 1.54) is 0 Å². The van der Waals surface area contributed by atoms with Crippen molar-refractivity contribution in [2.75, 3.05) is 12.8 Å². The molecule has 0 atom stereocenters. The molecule has 0 amide bonds. The first-order valence-corrected chi connectivity index (χ1v) is 6.58. The van der Waals surface area contributed by atoms with Crippen LogP contribution in [-0.2, 0) is 6.54 Å². The third kappa shape index (κ3) is 3.08. The predicted octanol–water partition coefficient (Wildman–Crippen LogP) is 3.19. The number of nitrogens with two attached hydrogens (primary N) is 1. The summed E-state index contributed by atoms with van der Waals surface area (Å²) in [6.07, 6.45) is 2.98. The molecule has 0 aliphatic carbocycles. The molecular formula is C15H21N3O. The smallest absolute Gasteiger partial charge is 0.128 e. The Morgan fingerprint density at radius 2 is 2.05 bits per heavy atom. The molecule has 1 aromatic carbocycles. The van der Waals surface area contributed by atoms with Gasteiger partial charge < -0.3 is 10.5 Å². The first-order valence-electron chi connectivity index (χ1n) is 6.58. The van der Waals surface area contributed by atoms with Gasteiger partial charge in [-0.05, 0) is 24.5 Å². The van der Waals surface area contributed by atoms with Crippen LogP contribution < -0.4 is 10.5 Å². The molecule has 102 valence electrons. The third-order valence-electron chi connectivity index (χ3n) is 3.09. The monoisotopic (exact) mass is 259 g/mol. The lowest BCUT2D eigenvalue weighted by atomic mass is 10.1. The molecule has 19 heavy (non-hydrogen) atoms. The first kappa shape index (κ1) is 13.5. The normalized spacial score (nSPS) is 10.9. The fourth-order valence-electron chi connectivity index (χ4n) is 1.99. The average Bonchev–Trinajstić information content (AvgIpc) is 2.77. The van der Waals surface area contributed by atoms with Crippen LogP contribution >= 0.6 is 0 Å². The van der Waals surface area contributed by atoms with E-state index in [0.717, 1.165) is 30.0 Å². The molecule has 0 bridgehead atoms. The van der Waals surface area contributed by atoms with Crippen molar-refractivity contribution in [2.45, 2.75) is 26.8 Å². The van der Waals surface area contributed by atoms with Crippen molar-refractivity contribution >= 4 is 5.69 Å². The van der Waals surface area contributed by atoms with Gasteiger partial charge in [0.2, 0.25) is 0 Å². The van der Waals surface area contributed by atoms with E-state index in [0.29, 0.717) is 11.6 Å². The maximum absolute atomic E-state index is 6.06. The Bertz CT molecular complexity index is 546. The topological polar surface area (TPSA) is 53.1 Å². The molecule has 4 nitrogen and oxygen atoms in total. The Morgan fingerprint density at radius 3 is 2.74 bits per heavy atom. The zero-order chi connectivity index (χ0) is 13.8. The maximum Gasteiger partial charge on any atom is 0.128 e. The van der Waals surface area contributed by atoms with Crippen LogP contribution in [0.5, 0.6) is 5.75 Å². The molecule has 1 aromatic heterocycles. The molecular weight excluding hydrogens is 238 g/mol. The van der Waals surface area contributed by atoms with Gasteiger partial charge >= 0.3 is 0 Å². The summed E-state index contributed by atoms with van der Waals surface area (Å²) in [7, 11) is 1.66. The van der Waals surface area contributed by atoms with Gasteiger partial charge in [0.1, 0.15) is 11.4 Å². The fourth-order valence-corrected chi connectivity index (χ4v) is 1.99. The number of hydrogen-bond donors (Lipinski definition) is 1. The van der Waals surface area contributed by atoms with Gasteiger partial charge in [0, 0.05) is 18.3 Å². The van der Waals surface area contributed by atoms with E-state index >= 15 is 0 Å². The van der Waals surface area contributed by atoms with Crippen molar-refractivity contribution in [3.8, 4) is 17.0 Å². The summed E-state index contributed by atoms with van der Waals surface area (Å²) in [5.41, 5.74) is 8.48. The summed E-state index contributed by atoms with van der Waals surface area (Å²) in [6, 6.07) is 7.80. The number of nitrogen functional groups attached to an aromatic ring is 1. The Kier molecular flexibility index (Phi) is 4.10. The lowest BCUT2D eigenvalue weighted by molar-refractivity contribution is 0.416. The molecule has 0 aliphatic rings. The van der Waals surface area contributed by atoms with E-state index in [9.17, 15) is 0 Å². The Morgan fingerprint density at radius 1 is 1.32 bits per heavy atom. The highest BCUT2D eigenvalue weighted by molar-refractivity contribution is 5.76. The number of aryl methyl sites for hydroxylation is 1. The van der Waals surface area contributed by atoms with Crippen LogP contribution in [-0.4, -0.2) is 16.9 Å². The summed E-state index contributed by atoms with van der Waals surface area (Å²) in [5.74, 6) is 1.45. The van der Waals surface area contributed by atoms with Gasteiger partial charge in [0.15, 0.2) is 0 Å². The van der Waals surface area contributed by atoms with Crippen LogP contribution in [0.2, 0.25) is 0 Å². The molecule has 0 unspecified atom stereocenters. The van der Waals surface area contributed by atoms with Crippen molar-refractivity contribution in [3.05, 3.63) is 30.5 Å². The van der Waals surface area contributed by atoms with Crippen LogP contribution in [0, 0.1) is 5.92 Å². The Hall–Kier alpha value is -1.97. The quantitative estimate of drug-likeness (QED) is 0.897. The second-order valence-corrected chi connectivity index (χ2v) is 5.08. The summed E-state index contributed by atoms with van der Waals surface area (Å²) in [5, 5.41) is 4.57. The number of nitrogens with zero attached hydrogens (tertiary/aromatic N) is 2. The van der Waals surface area contributed by atoms with Crippen LogP contribution in [0.25, 0.3) is 11.3 Å². The summed E-state index contributed by atoms with van der Waals surface area (Å²) >= 11 is 0. The predicted molar refractivity (Wildman–Crippen MR) is 78.1 cm³/mol. The highest BCUT2D eigenvalue weighted by atomic mass is 16.5. The van der Waals surface area contributed by atoms with Crippen molar-refractivity contribution in [1.82, 2.24) is 9.78 Å². The second-order valence-electron chi connectivity index (χ2n) is 5.08. The molecule has 0 radical (unpaired) electrons. The van der Waals surface area contributed by atoms with Crippen molar-refractivity contribution in [1.29, 1.82) is 0 Å². The van der Waals surface area contributed by atoms with Gasteiger partial charge in [0.25, 0.3) is 0 Å². The number of benzene rings is 1. The Balaban J connectivity index is 2.30. The van der Waals surface area contributed by atoms with E-state index in [-0.39, 0.29) is 0 Å². The standard InChI is InChI=1S/C15H21N3O/c1-11(2)8-9-18-10-13(16)15(17-18)12-6-4-5-7-14(12)19-3/h4-7,10-11H,8-9,16H2,1-3H3. The highest BCUT2D eigenvalue weighted by Crippen LogP contribution is 2.32. The molecule has 0 spiro atoms. The summed E-state index contributed by atoms with van der Waals surface area (Å²) in [4.78, 5) is 0. The molecule has 0 saturated carbocycles. The van der Waals surface area contributed by atoms with E-state index in [1.807, 2.05) is 35.1 Å². The molecule has 0 aliphatic heterocycles. The number of para-hydroxylation sites is 1. The number of anilines is 1. The lowest BCUT2D eigenvalue weighted by Gasteiger charge is -2.06. The molecule has 2 aromatic rings. The van der Waals surface area contributed by atoms with E-state index in [2.05, 4.69) is 18.9 Å². The number of rotatable bonds is 5. The number of aromatic nitrogens is 2. The number of methoxy groups -OCH3 is 1. The van der Waals surface area contributed by atoms with Gasteiger partial charge in [-0.25, -0.2) is 0 Å². The van der Waals surface area contributed by atoms with Gasteiger partial charge in [-0.1, -0.05) is 26.0 Å². The zero-order valence-corrected chi connectivity index (χ0v) is 11.8. The van der Waals surface area contributed by atoms with Crippen molar-refractivity contribution in [3.63, 3.8) is 0 Å². The maximum atomic E-state index is 6.06. The molecule has 0 fully saturated rings. The minimum atomic E-state index is 0.653. The van der Waals surface area contributed by atoms with Gasteiger partial charge in [-0.15, -0.1) is 0 Å². The zero-order valence-electron chi connectivity index (χ0n) is 11.8. The summed E-state index contributed by atoms with van der Waals surface area (Å²) < 4.78 is 7.27. The first-order chi connectivity index (χ1) is 9.11. The number of ether oxygens (including phenoxy) is 1. The van der Waals surface area contributed by atoms with E-state index in [4.69, 9.17) is 10.5 Å². The van der Waals surface area contributed by atoms with E-state index < -0.39 is 0 Å². The minimum Gasteiger partial charge on any atom is -0.496 e. The molecule has 1 heterocycles. The highest BCUT2D eigenvalue weighted by Gasteiger charge is 2.12. The number of hydrogen-bond acceptors (Lipinski definition) is 3. The molecule has 4 heteroatoms. The van der Waals surface area contributed by atoms with E-state index in [1.54, 1.807) is 7.11 Å². The van der Waals surface area contributed by atoms with Gasteiger partial charge in [-0.2, -0.15) is 5.10 Å². The van der Waals surface area contributed by atoms with Crippen LogP contribution in [0.3, 0.4) is 0 Å². The average molecular weight is 259 g/mol. The SMILES string of the molecule is COc1ccccc1-c1nn(CCC(C)C)cc1N. The third-order valence-corrected chi connectivity index (χ3v) is 3.09. The molecule has 0 saturated heterocycles. The van der Waals surface area contributed by atoms with Crippen LogP contribution in [0.1, 0.15) is 20.3 Å². The largest absolute Gasteiger partial charge is 0.496 e. The fraction of sp³-hybridized carbons (Fsp3) is 0.400. The molecule has 2 rings (SSSR count). The minimum absolute atomic E-state index is 0.653. The van der Waals surface area contributed by atoms with Gasteiger partial charge in [0.05, 0.1) is 12.8 Å². The molecule has 2 N–H and O–H groups in total. The summed E-state index contributed by atoms with van der Waals surface area (Å²) in [6.45, 7) is 5.29. The van der Waals surface area contributed by atoms with Crippen molar-refractivity contribution in [2.24, 2.45) is 5.92 Å². The Labute approximate surface area is 114 Å². The lowest BCUT2D eigenvalue weighted by Crippen LogP contribution is -2.02.